The van der Waals surface area contributed by atoms with Gasteiger partial charge in [0.1, 0.15) is 6.61 Å². The van der Waals surface area contributed by atoms with Crippen molar-refractivity contribution < 1.29 is 23.7 Å². The number of rotatable bonds is 17. The first-order valence-electron chi connectivity index (χ1n) is 8.40. The van der Waals surface area contributed by atoms with Crippen LogP contribution >= 0.6 is 0 Å². The van der Waals surface area contributed by atoms with E-state index in [0.717, 1.165) is 12.8 Å². The molecule has 0 aliphatic heterocycles. The fourth-order valence-electron chi connectivity index (χ4n) is 1.78. The van der Waals surface area contributed by atoms with Crippen molar-refractivity contribution in [2.24, 2.45) is 5.73 Å². The highest BCUT2D eigenvalue weighted by molar-refractivity contribution is 5.69. The summed E-state index contributed by atoms with van der Waals surface area (Å²) in [6.45, 7) is 6.08. The van der Waals surface area contributed by atoms with Crippen molar-refractivity contribution in [3.05, 3.63) is 0 Å². The maximum atomic E-state index is 11.4. The van der Waals surface area contributed by atoms with E-state index in [2.05, 4.69) is 6.92 Å². The number of carbonyl (C=O) groups excluding carboxylic acids is 1. The van der Waals surface area contributed by atoms with Crippen LogP contribution in [0.4, 0.5) is 0 Å². The maximum absolute atomic E-state index is 11.4. The van der Waals surface area contributed by atoms with Gasteiger partial charge in [-0.25, -0.2) is 0 Å². The summed E-state index contributed by atoms with van der Waals surface area (Å²) >= 11 is 0. The quantitative estimate of drug-likeness (QED) is 0.326. The Bertz CT molecular complexity index is 239. The third-order valence-electron chi connectivity index (χ3n) is 2.98. The van der Waals surface area contributed by atoms with Crippen molar-refractivity contribution >= 4 is 5.97 Å². The van der Waals surface area contributed by atoms with Crippen LogP contribution in [0.3, 0.4) is 0 Å². The van der Waals surface area contributed by atoms with Crippen LogP contribution in [0, 0.1) is 0 Å². The minimum Gasteiger partial charge on any atom is -0.463 e. The van der Waals surface area contributed by atoms with E-state index < -0.39 is 0 Å². The van der Waals surface area contributed by atoms with Gasteiger partial charge in [0, 0.05) is 13.0 Å². The van der Waals surface area contributed by atoms with Gasteiger partial charge in [-0.3, -0.25) is 4.79 Å². The number of nitrogens with two attached hydrogens (primary N) is 1. The highest BCUT2D eigenvalue weighted by Gasteiger charge is 2.02. The molecule has 0 unspecified atom stereocenters. The molecule has 0 atom stereocenters. The fourth-order valence-corrected chi connectivity index (χ4v) is 1.78. The molecule has 0 fully saturated rings. The molecule has 0 saturated carbocycles. The lowest BCUT2D eigenvalue weighted by atomic mass is 10.1. The molecule has 0 amide bonds. The third-order valence-corrected chi connectivity index (χ3v) is 2.98. The Labute approximate surface area is 134 Å². The van der Waals surface area contributed by atoms with Crippen molar-refractivity contribution in [3.8, 4) is 0 Å². The van der Waals surface area contributed by atoms with E-state index in [1.807, 2.05) is 0 Å². The molecule has 0 aromatic heterocycles. The van der Waals surface area contributed by atoms with Crippen molar-refractivity contribution in [2.45, 2.75) is 45.4 Å². The number of hydrogen-bond donors (Lipinski definition) is 1. The zero-order valence-electron chi connectivity index (χ0n) is 14.0. The Morgan fingerprint density at radius 1 is 0.773 bits per heavy atom. The summed E-state index contributed by atoms with van der Waals surface area (Å²) in [5.41, 5.74) is 5.28. The summed E-state index contributed by atoms with van der Waals surface area (Å²) in [5.74, 6) is -0.131. The molecule has 0 spiro atoms. The lowest BCUT2D eigenvalue weighted by Gasteiger charge is -2.07. The largest absolute Gasteiger partial charge is 0.463 e. The Kier molecular flexibility index (Phi) is 17.8. The highest BCUT2D eigenvalue weighted by atomic mass is 16.6. The monoisotopic (exact) mass is 319 g/mol. The van der Waals surface area contributed by atoms with E-state index >= 15 is 0 Å². The van der Waals surface area contributed by atoms with Crippen LogP contribution in [0.25, 0.3) is 0 Å². The first kappa shape index (κ1) is 21.3. The zero-order valence-corrected chi connectivity index (χ0v) is 14.0. The standard InChI is InChI=1S/C16H33NO5/c1-2-3-4-5-6-7-16(18)22-15-14-21-13-12-20-11-10-19-9-8-17/h2-15,17H2,1H3. The average Bonchev–Trinajstić information content (AvgIpc) is 2.52. The molecule has 0 radical (unpaired) electrons. The minimum absolute atomic E-state index is 0.131. The topological polar surface area (TPSA) is 80.0 Å². The second-order valence-electron chi connectivity index (χ2n) is 5.01. The predicted octanol–water partition coefficient (Wildman–Crippen LogP) is 1.90. The molecule has 6 heteroatoms. The number of ether oxygens (including phenoxy) is 4. The third kappa shape index (κ3) is 17.4. The maximum Gasteiger partial charge on any atom is 0.305 e. The molecular formula is C16H33NO5. The first-order valence-corrected chi connectivity index (χ1v) is 8.40. The summed E-state index contributed by atoms with van der Waals surface area (Å²) in [6, 6.07) is 0. The fraction of sp³-hybridized carbons (Fsp3) is 0.938. The van der Waals surface area contributed by atoms with Gasteiger partial charge in [-0.1, -0.05) is 32.6 Å². The van der Waals surface area contributed by atoms with Crippen molar-refractivity contribution in [1.82, 2.24) is 0 Å². The van der Waals surface area contributed by atoms with E-state index in [4.69, 9.17) is 24.7 Å². The van der Waals surface area contributed by atoms with Crippen molar-refractivity contribution in [1.29, 1.82) is 0 Å². The van der Waals surface area contributed by atoms with Gasteiger partial charge in [0.15, 0.2) is 0 Å². The van der Waals surface area contributed by atoms with Gasteiger partial charge in [-0.2, -0.15) is 0 Å². The second-order valence-corrected chi connectivity index (χ2v) is 5.01. The minimum atomic E-state index is -0.131. The summed E-state index contributed by atoms with van der Waals surface area (Å²) in [4.78, 5) is 11.4. The number of unbranched alkanes of at least 4 members (excludes halogenated alkanes) is 4. The zero-order chi connectivity index (χ0) is 16.3. The second kappa shape index (κ2) is 18.4. The van der Waals surface area contributed by atoms with Gasteiger partial charge < -0.3 is 24.7 Å². The predicted molar refractivity (Wildman–Crippen MR) is 85.8 cm³/mol. The Morgan fingerprint density at radius 2 is 1.32 bits per heavy atom. The van der Waals surface area contributed by atoms with Crippen molar-refractivity contribution in [2.75, 3.05) is 52.8 Å². The normalized spacial score (nSPS) is 10.8. The van der Waals surface area contributed by atoms with E-state index in [-0.39, 0.29) is 5.97 Å². The van der Waals surface area contributed by atoms with Crippen LogP contribution in [0.15, 0.2) is 0 Å². The lowest BCUT2D eigenvalue weighted by Crippen LogP contribution is -2.15. The molecule has 0 rings (SSSR count). The van der Waals surface area contributed by atoms with E-state index in [1.165, 1.54) is 19.3 Å². The molecule has 0 bridgehead atoms. The van der Waals surface area contributed by atoms with Gasteiger partial charge in [-0.05, 0) is 6.42 Å². The molecule has 0 saturated heterocycles. The van der Waals surface area contributed by atoms with Gasteiger partial charge in [0.05, 0.1) is 39.6 Å². The highest BCUT2D eigenvalue weighted by Crippen LogP contribution is 2.05. The molecule has 0 aliphatic rings. The van der Waals surface area contributed by atoms with E-state index in [0.29, 0.717) is 59.2 Å². The van der Waals surface area contributed by atoms with Crippen molar-refractivity contribution in [3.63, 3.8) is 0 Å². The van der Waals surface area contributed by atoms with Crippen LogP contribution < -0.4 is 5.73 Å². The summed E-state index contributed by atoms with van der Waals surface area (Å²) in [7, 11) is 0. The molecule has 0 aromatic carbocycles. The van der Waals surface area contributed by atoms with Crippen LogP contribution in [0.2, 0.25) is 0 Å². The number of esters is 1. The number of carbonyl (C=O) groups is 1. The molecule has 2 N–H and O–H groups in total. The molecule has 6 nitrogen and oxygen atoms in total. The number of hydrogen-bond acceptors (Lipinski definition) is 6. The molecule has 0 heterocycles. The van der Waals surface area contributed by atoms with Crippen LogP contribution in [0.5, 0.6) is 0 Å². The van der Waals surface area contributed by atoms with Crippen LogP contribution in [0.1, 0.15) is 45.4 Å². The smallest absolute Gasteiger partial charge is 0.305 e. The summed E-state index contributed by atoms with van der Waals surface area (Å²) in [6.07, 6.45) is 6.18. The van der Waals surface area contributed by atoms with E-state index in [9.17, 15) is 4.79 Å². The Balaban J connectivity index is 3.10. The summed E-state index contributed by atoms with van der Waals surface area (Å²) < 4.78 is 20.8. The first-order chi connectivity index (χ1) is 10.8. The molecule has 0 aromatic rings. The SMILES string of the molecule is CCCCCCCC(=O)OCCOCCOCCOCCN. The lowest BCUT2D eigenvalue weighted by molar-refractivity contribution is -0.145. The Hall–Kier alpha value is -0.690. The molecule has 132 valence electrons. The van der Waals surface area contributed by atoms with Gasteiger partial charge in [0.25, 0.3) is 0 Å². The van der Waals surface area contributed by atoms with Crippen LogP contribution in [-0.2, 0) is 23.7 Å². The van der Waals surface area contributed by atoms with Gasteiger partial charge in [-0.15, -0.1) is 0 Å². The average molecular weight is 319 g/mol. The van der Waals surface area contributed by atoms with E-state index in [1.54, 1.807) is 0 Å². The van der Waals surface area contributed by atoms with Gasteiger partial charge >= 0.3 is 5.97 Å². The summed E-state index contributed by atoms with van der Waals surface area (Å²) in [5, 5.41) is 0. The molecular weight excluding hydrogens is 286 g/mol. The van der Waals surface area contributed by atoms with Gasteiger partial charge in [0.2, 0.25) is 0 Å². The molecule has 22 heavy (non-hydrogen) atoms. The Morgan fingerprint density at radius 3 is 1.91 bits per heavy atom. The van der Waals surface area contributed by atoms with Crippen LogP contribution in [-0.4, -0.2) is 58.8 Å². The molecule has 0 aliphatic carbocycles.